The second kappa shape index (κ2) is 6.64. The topological polar surface area (TPSA) is 88.6 Å². The van der Waals surface area contributed by atoms with E-state index in [1.54, 1.807) is 13.1 Å². The van der Waals surface area contributed by atoms with Crippen molar-refractivity contribution in [2.75, 3.05) is 12.4 Å². The summed E-state index contributed by atoms with van der Waals surface area (Å²) in [6.45, 7) is 1.85. The molecule has 3 rings (SSSR count). The number of amides is 2. The zero-order valence-electron chi connectivity index (χ0n) is 13.8. The van der Waals surface area contributed by atoms with Crippen LogP contribution in [-0.2, 0) is 0 Å². The number of non-ortho nitro benzene ring substituents is 1. The van der Waals surface area contributed by atoms with Gasteiger partial charge < -0.3 is 14.6 Å². The molecule has 0 bridgehead atoms. The SMILES string of the molecule is CC(c1cc2ccccc2o1)N(C)C(=O)Nc1cccc([N+](=O)[O-])c1. The average Bonchev–Trinajstić information content (AvgIpc) is 3.04. The molecule has 0 aliphatic heterocycles. The Balaban J connectivity index is 1.75. The lowest BCUT2D eigenvalue weighted by Gasteiger charge is -2.23. The number of carbonyl (C=O) groups excluding carboxylic acids is 1. The third-order valence-electron chi connectivity index (χ3n) is 4.07. The highest BCUT2D eigenvalue weighted by molar-refractivity contribution is 5.89. The molecule has 128 valence electrons. The molecular weight excluding hydrogens is 322 g/mol. The van der Waals surface area contributed by atoms with Crippen LogP contribution in [0, 0.1) is 10.1 Å². The number of carbonyl (C=O) groups is 1. The Bertz CT molecular complexity index is 902. The molecule has 0 aliphatic carbocycles. The predicted octanol–water partition coefficient (Wildman–Crippen LogP) is 4.57. The minimum Gasteiger partial charge on any atom is -0.459 e. The van der Waals surface area contributed by atoms with Crippen LogP contribution in [0.3, 0.4) is 0 Å². The van der Waals surface area contributed by atoms with Gasteiger partial charge >= 0.3 is 6.03 Å². The maximum atomic E-state index is 12.4. The van der Waals surface area contributed by atoms with Gasteiger partial charge in [-0.3, -0.25) is 10.1 Å². The number of fused-ring (bicyclic) bond motifs is 1. The van der Waals surface area contributed by atoms with Gasteiger partial charge in [0, 0.05) is 30.3 Å². The van der Waals surface area contributed by atoms with Crippen LogP contribution in [0.25, 0.3) is 11.0 Å². The number of nitro benzene ring substituents is 1. The van der Waals surface area contributed by atoms with Gasteiger partial charge in [0.05, 0.1) is 11.0 Å². The van der Waals surface area contributed by atoms with Crippen LogP contribution >= 0.6 is 0 Å². The average molecular weight is 339 g/mol. The van der Waals surface area contributed by atoms with Crippen molar-refractivity contribution in [1.29, 1.82) is 0 Å². The summed E-state index contributed by atoms with van der Waals surface area (Å²) >= 11 is 0. The van der Waals surface area contributed by atoms with E-state index in [1.165, 1.54) is 23.1 Å². The van der Waals surface area contributed by atoms with Gasteiger partial charge in [-0.1, -0.05) is 24.3 Å². The van der Waals surface area contributed by atoms with E-state index in [1.807, 2.05) is 37.3 Å². The summed E-state index contributed by atoms with van der Waals surface area (Å²) in [5.41, 5.74) is 1.05. The fourth-order valence-corrected chi connectivity index (χ4v) is 2.48. The largest absolute Gasteiger partial charge is 0.459 e. The first kappa shape index (κ1) is 16.5. The zero-order valence-corrected chi connectivity index (χ0v) is 13.8. The number of hydrogen-bond donors (Lipinski definition) is 1. The van der Waals surface area contributed by atoms with E-state index in [4.69, 9.17) is 4.42 Å². The van der Waals surface area contributed by atoms with E-state index in [-0.39, 0.29) is 17.8 Å². The van der Waals surface area contributed by atoms with Gasteiger partial charge in [-0.2, -0.15) is 0 Å². The summed E-state index contributed by atoms with van der Waals surface area (Å²) in [4.78, 5) is 24.2. The highest BCUT2D eigenvalue weighted by Crippen LogP contribution is 2.27. The zero-order chi connectivity index (χ0) is 18.0. The summed E-state index contributed by atoms with van der Waals surface area (Å²) in [5, 5.41) is 14.5. The monoisotopic (exact) mass is 339 g/mol. The van der Waals surface area contributed by atoms with Crippen molar-refractivity contribution in [3.05, 3.63) is 70.5 Å². The standard InChI is InChI=1S/C18H17N3O4/c1-12(17-10-13-6-3-4-9-16(13)25-17)20(2)18(22)19-14-7-5-8-15(11-14)21(23)24/h3-12H,1-2H3,(H,19,22). The van der Waals surface area contributed by atoms with Crippen LogP contribution in [0.2, 0.25) is 0 Å². The molecule has 1 unspecified atom stereocenters. The Kier molecular flexibility index (Phi) is 4.38. The fraction of sp³-hybridized carbons (Fsp3) is 0.167. The molecule has 1 atom stereocenters. The van der Waals surface area contributed by atoms with Gasteiger partial charge in [0.2, 0.25) is 0 Å². The van der Waals surface area contributed by atoms with Crippen LogP contribution in [-0.4, -0.2) is 22.9 Å². The second-order valence-corrected chi connectivity index (χ2v) is 5.71. The third kappa shape index (κ3) is 3.45. The number of urea groups is 1. The quantitative estimate of drug-likeness (QED) is 0.557. The molecule has 0 radical (unpaired) electrons. The molecule has 7 heteroatoms. The molecule has 3 aromatic rings. The second-order valence-electron chi connectivity index (χ2n) is 5.71. The van der Waals surface area contributed by atoms with Gasteiger partial charge in [-0.25, -0.2) is 4.79 Å². The molecule has 1 heterocycles. The van der Waals surface area contributed by atoms with Crippen LogP contribution in [0.4, 0.5) is 16.2 Å². The van der Waals surface area contributed by atoms with E-state index in [9.17, 15) is 14.9 Å². The fourth-order valence-electron chi connectivity index (χ4n) is 2.48. The maximum Gasteiger partial charge on any atom is 0.322 e. The van der Waals surface area contributed by atoms with Gasteiger partial charge in [-0.15, -0.1) is 0 Å². The first-order chi connectivity index (χ1) is 12.0. The van der Waals surface area contributed by atoms with Crippen molar-refractivity contribution in [3.8, 4) is 0 Å². The Hall–Kier alpha value is -3.35. The van der Waals surface area contributed by atoms with Crippen molar-refractivity contribution in [2.24, 2.45) is 0 Å². The van der Waals surface area contributed by atoms with E-state index in [2.05, 4.69) is 5.32 Å². The van der Waals surface area contributed by atoms with Crippen molar-refractivity contribution >= 4 is 28.4 Å². The van der Waals surface area contributed by atoms with Crippen molar-refractivity contribution in [3.63, 3.8) is 0 Å². The molecule has 2 aromatic carbocycles. The van der Waals surface area contributed by atoms with Crippen LogP contribution in [0.5, 0.6) is 0 Å². The van der Waals surface area contributed by atoms with Gasteiger partial charge in [0.15, 0.2) is 0 Å². The number of nitrogens with zero attached hydrogens (tertiary/aromatic N) is 2. The van der Waals surface area contributed by atoms with Crippen LogP contribution in [0.1, 0.15) is 18.7 Å². The molecule has 1 N–H and O–H groups in total. The Morgan fingerprint density at radius 1 is 1.20 bits per heavy atom. The lowest BCUT2D eigenvalue weighted by atomic mass is 10.2. The minimum atomic E-state index is -0.504. The number of hydrogen-bond acceptors (Lipinski definition) is 4. The van der Waals surface area contributed by atoms with Gasteiger partial charge in [0.1, 0.15) is 11.3 Å². The summed E-state index contributed by atoms with van der Waals surface area (Å²) in [7, 11) is 1.64. The number of nitro groups is 1. The molecule has 0 saturated carbocycles. The molecule has 0 aliphatic rings. The van der Waals surface area contributed by atoms with Crippen LogP contribution in [0.15, 0.2) is 59.0 Å². The molecule has 25 heavy (non-hydrogen) atoms. The predicted molar refractivity (Wildman–Crippen MR) is 94.5 cm³/mol. The minimum absolute atomic E-state index is 0.0780. The summed E-state index contributed by atoms with van der Waals surface area (Å²) < 4.78 is 5.79. The molecule has 2 amide bonds. The lowest BCUT2D eigenvalue weighted by Crippen LogP contribution is -2.33. The smallest absolute Gasteiger partial charge is 0.322 e. The summed E-state index contributed by atoms with van der Waals surface area (Å²) in [5.74, 6) is 0.665. The van der Waals surface area contributed by atoms with Crippen molar-refractivity contribution in [1.82, 2.24) is 4.90 Å². The lowest BCUT2D eigenvalue weighted by molar-refractivity contribution is -0.384. The van der Waals surface area contributed by atoms with E-state index in [0.29, 0.717) is 11.4 Å². The highest BCUT2D eigenvalue weighted by Gasteiger charge is 2.21. The highest BCUT2D eigenvalue weighted by atomic mass is 16.6. The first-order valence-corrected chi connectivity index (χ1v) is 7.72. The number of para-hydroxylation sites is 1. The Morgan fingerprint density at radius 2 is 1.96 bits per heavy atom. The molecule has 0 fully saturated rings. The van der Waals surface area contributed by atoms with E-state index < -0.39 is 4.92 Å². The van der Waals surface area contributed by atoms with Crippen molar-refractivity contribution in [2.45, 2.75) is 13.0 Å². The van der Waals surface area contributed by atoms with Crippen molar-refractivity contribution < 1.29 is 14.1 Å². The number of benzene rings is 2. The number of anilines is 1. The van der Waals surface area contributed by atoms with Crippen LogP contribution < -0.4 is 5.32 Å². The molecule has 1 aromatic heterocycles. The molecule has 7 nitrogen and oxygen atoms in total. The van der Waals surface area contributed by atoms with E-state index >= 15 is 0 Å². The number of furan rings is 1. The normalized spacial score (nSPS) is 11.9. The van der Waals surface area contributed by atoms with Gasteiger partial charge in [0.25, 0.3) is 5.69 Å². The Labute approximate surface area is 144 Å². The molecule has 0 saturated heterocycles. The van der Waals surface area contributed by atoms with E-state index in [0.717, 1.165) is 11.0 Å². The first-order valence-electron chi connectivity index (χ1n) is 7.72. The summed E-state index contributed by atoms with van der Waals surface area (Å²) in [6.07, 6.45) is 0. The van der Waals surface area contributed by atoms with Gasteiger partial charge in [-0.05, 0) is 25.1 Å². The number of rotatable bonds is 4. The molecule has 0 spiro atoms. The maximum absolute atomic E-state index is 12.4. The summed E-state index contributed by atoms with van der Waals surface area (Å²) in [6, 6.07) is 14.7. The number of nitrogens with one attached hydrogen (secondary N) is 1. The molecular formula is C18H17N3O4. The Morgan fingerprint density at radius 3 is 2.68 bits per heavy atom. The third-order valence-corrected chi connectivity index (χ3v) is 4.07.